The first-order chi connectivity index (χ1) is 32.8. The van der Waals surface area contributed by atoms with Crippen LogP contribution in [-0.4, -0.2) is 111 Å². The lowest BCUT2D eigenvalue weighted by Gasteiger charge is -2.49. The maximum atomic E-state index is 16.4. The zero-order valence-electron chi connectivity index (χ0n) is 38.0. The van der Waals surface area contributed by atoms with Gasteiger partial charge in [0, 0.05) is 98.6 Å². The van der Waals surface area contributed by atoms with Crippen molar-refractivity contribution in [1.82, 2.24) is 34.9 Å². The van der Waals surface area contributed by atoms with E-state index in [-0.39, 0.29) is 64.7 Å². The topological polar surface area (TPSA) is 170 Å². The Morgan fingerprint density at radius 1 is 0.838 bits per heavy atom. The molecule has 15 nitrogen and oxygen atoms in total. The Labute approximate surface area is 403 Å². The smallest absolute Gasteiger partial charge is 0.329 e. The largest absolute Gasteiger partial charge is 0.368 e. The van der Waals surface area contributed by atoms with Crippen molar-refractivity contribution in [3.05, 3.63) is 92.1 Å². The van der Waals surface area contributed by atoms with Crippen molar-refractivity contribution >= 4 is 75.1 Å². The number of hydrogen-bond acceptors (Lipinski definition) is 9. The Kier molecular flexibility index (Phi) is 11.5. The third kappa shape index (κ3) is 7.17. The van der Waals surface area contributed by atoms with Gasteiger partial charge in [-0.1, -0.05) is 60.7 Å². The SMILES string of the molecule is Cn1c(=O)n(C2CCC(=O)NC2=O)c2ccc(N3CC(N4CCN(C(=O)C5CCC(NC(=O)[C@@H]6NC7(CCCCC7)[C@@]7(C(=O)Nc8cc(Cl)ccc87)[C@H]6c6cccc(Cl)c6F)CC5)CC4)C3)cc21. The number of carbonyl (C=O) groups is 5. The molecule has 5 aliphatic heterocycles. The summed E-state index contributed by atoms with van der Waals surface area (Å²) in [6.45, 7) is 4.49. The van der Waals surface area contributed by atoms with Crippen molar-refractivity contribution in [2.75, 3.05) is 49.5 Å². The van der Waals surface area contributed by atoms with E-state index in [0.29, 0.717) is 79.4 Å². The van der Waals surface area contributed by atoms with E-state index in [1.807, 2.05) is 29.2 Å². The number of aryl methyl sites for hydroxylation is 1. The van der Waals surface area contributed by atoms with Crippen molar-refractivity contribution in [3.63, 3.8) is 0 Å². The third-order valence-corrected chi connectivity index (χ3v) is 17.2. The van der Waals surface area contributed by atoms with Gasteiger partial charge in [-0.3, -0.25) is 48.6 Å². The molecule has 68 heavy (non-hydrogen) atoms. The molecule has 0 radical (unpaired) electrons. The number of carbonyl (C=O) groups excluding carboxylic acids is 5. The van der Waals surface area contributed by atoms with Crippen molar-refractivity contribution < 1.29 is 28.4 Å². The van der Waals surface area contributed by atoms with E-state index in [4.69, 9.17) is 23.2 Å². The Morgan fingerprint density at radius 2 is 1.59 bits per heavy atom. The molecule has 1 unspecified atom stereocenters. The van der Waals surface area contributed by atoms with Gasteiger partial charge in [0.25, 0.3) is 0 Å². The molecule has 4 N–H and O–H groups in total. The number of aromatic nitrogens is 2. The number of amides is 5. The quantitative estimate of drug-likeness (QED) is 0.184. The standard InChI is InChI=1S/C50H56Cl2FN9O6/c1-58-39-25-31(13-15-37(39)62(48(58)68)38-16-17-40(63)56-44(38)64)61-26-32(27-61)59-20-22-60(23-21-59)46(66)28-8-11-30(12-9-28)54-45(65)43-41(33-6-5-7-35(52)42(33)53)50(49(57-43)18-3-2-4-19-49)34-14-10-29(51)24-36(34)55-47(50)67/h5-7,10,13-15,24-25,28,30,32,38,41,43,57H,2-4,8-9,11-12,16-23,26-27H2,1H3,(H,54,65)(H,55,67)(H,56,63,64)/t28?,30?,38?,41-,43+,50+/m0/s1. The van der Waals surface area contributed by atoms with Crippen LogP contribution in [0.15, 0.2) is 59.4 Å². The monoisotopic (exact) mass is 967 g/mol. The maximum absolute atomic E-state index is 16.4. The molecular formula is C50H56Cl2FN9O6. The molecule has 4 saturated heterocycles. The Hall–Kier alpha value is -5.29. The summed E-state index contributed by atoms with van der Waals surface area (Å²) in [6, 6.07) is 14.5. The zero-order chi connectivity index (χ0) is 47.2. The highest BCUT2D eigenvalue weighted by Crippen LogP contribution is 2.63. The predicted octanol–water partition coefficient (Wildman–Crippen LogP) is 5.12. The number of fused-ring (bicyclic) bond motifs is 4. The maximum Gasteiger partial charge on any atom is 0.329 e. The summed E-state index contributed by atoms with van der Waals surface area (Å²) in [5.74, 6) is -2.86. The molecule has 0 bridgehead atoms. The van der Waals surface area contributed by atoms with Gasteiger partial charge in [-0.15, -0.1) is 0 Å². The van der Waals surface area contributed by atoms with Crippen LogP contribution < -0.4 is 31.9 Å². The van der Waals surface area contributed by atoms with E-state index in [0.717, 1.165) is 56.6 Å². The van der Waals surface area contributed by atoms with Gasteiger partial charge < -0.3 is 20.4 Å². The number of rotatable bonds is 7. The third-order valence-electron chi connectivity index (χ3n) is 16.7. The first kappa shape index (κ1) is 45.2. The molecule has 4 atom stereocenters. The molecule has 2 spiro atoms. The highest BCUT2D eigenvalue weighted by molar-refractivity contribution is 6.31. The number of imide groups is 1. The van der Waals surface area contributed by atoms with Crippen LogP contribution in [-0.2, 0) is 36.4 Å². The fourth-order valence-corrected chi connectivity index (χ4v) is 13.6. The summed E-state index contributed by atoms with van der Waals surface area (Å²) >= 11 is 12.9. The highest BCUT2D eigenvalue weighted by atomic mass is 35.5. The van der Waals surface area contributed by atoms with Gasteiger partial charge in [-0.2, -0.15) is 0 Å². The average molecular weight is 969 g/mol. The van der Waals surface area contributed by atoms with Crippen molar-refractivity contribution in [1.29, 1.82) is 0 Å². The second-order valence-corrected chi connectivity index (χ2v) is 21.0. The van der Waals surface area contributed by atoms with Crippen LogP contribution in [0.5, 0.6) is 0 Å². The number of piperidine rings is 1. The Bertz CT molecular complexity index is 2810. The van der Waals surface area contributed by atoms with Gasteiger partial charge in [0.05, 0.1) is 22.1 Å². The summed E-state index contributed by atoms with van der Waals surface area (Å²) in [4.78, 5) is 87.8. The average Bonchev–Trinajstić information content (AvgIpc) is 3.87. The number of anilines is 2. The molecule has 358 valence electrons. The summed E-state index contributed by atoms with van der Waals surface area (Å²) in [6.07, 6.45) is 6.99. The van der Waals surface area contributed by atoms with Gasteiger partial charge >= 0.3 is 5.69 Å². The molecule has 2 saturated carbocycles. The summed E-state index contributed by atoms with van der Waals surface area (Å²) < 4.78 is 19.4. The normalized spacial score (nSPS) is 28.5. The van der Waals surface area contributed by atoms with Gasteiger partial charge in [-0.05, 0) is 92.5 Å². The van der Waals surface area contributed by atoms with E-state index in [1.54, 1.807) is 35.9 Å². The lowest BCUT2D eigenvalue weighted by atomic mass is 9.55. The molecule has 18 heteroatoms. The summed E-state index contributed by atoms with van der Waals surface area (Å²) in [5.41, 5.74) is 1.47. The zero-order valence-corrected chi connectivity index (χ0v) is 39.5. The second kappa shape index (κ2) is 17.3. The van der Waals surface area contributed by atoms with Gasteiger partial charge in [0.15, 0.2) is 0 Å². The lowest BCUT2D eigenvalue weighted by molar-refractivity contribution is -0.139. The van der Waals surface area contributed by atoms with Crippen LogP contribution >= 0.6 is 23.2 Å². The molecule has 3 aromatic carbocycles. The van der Waals surface area contributed by atoms with E-state index >= 15 is 4.39 Å². The van der Waals surface area contributed by atoms with Crippen LogP contribution in [0.3, 0.4) is 0 Å². The fraction of sp³-hybridized carbons (Fsp3) is 0.520. The van der Waals surface area contributed by atoms with E-state index in [1.165, 1.54) is 10.6 Å². The molecule has 2 aliphatic carbocycles. The molecule has 6 heterocycles. The number of benzene rings is 3. The van der Waals surface area contributed by atoms with Crippen molar-refractivity contribution in [2.24, 2.45) is 13.0 Å². The van der Waals surface area contributed by atoms with Crippen LogP contribution in [0.2, 0.25) is 10.0 Å². The Morgan fingerprint density at radius 3 is 2.32 bits per heavy atom. The molecule has 7 aliphatic rings. The van der Waals surface area contributed by atoms with E-state index < -0.39 is 40.7 Å². The van der Waals surface area contributed by atoms with Crippen molar-refractivity contribution in [3.8, 4) is 0 Å². The lowest BCUT2D eigenvalue weighted by Crippen LogP contribution is -2.63. The second-order valence-electron chi connectivity index (χ2n) is 20.2. The van der Waals surface area contributed by atoms with Gasteiger partial charge in [0.1, 0.15) is 17.3 Å². The summed E-state index contributed by atoms with van der Waals surface area (Å²) in [5, 5.41) is 12.9. The predicted molar refractivity (Wildman–Crippen MR) is 255 cm³/mol. The molecule has 4 aromatic rings. The van der Waals surface area contributed by atoms with Crippen LogP contribution in [0, 0.1) is 11.7 Å². The molecule has 1 aromatic heterocycles. The number of nitrogens with one attached hydrogen (secondary N) is 4. The first-order valence-corrected chi connectivity index (χ1v) is 25.0. The van der Waals surface area contributed by atoms with Crippen molar-refractivity contribution in [2.45, 2.75) is 112 Å². The Balaban J connectivity index is 0.714. The molecule has 11 rings (SSSR count). The highest BCUT2D eigenvalue weighted by Gasteiger charge is 2.72. The van der Waals surface area contributed by atoms with Crippen LogP contribution in [0.1, 0.15) is 93.7 Å². The fourth-order valence-electron chi connectivity index (χ4n) is 13.2. The molecular weight excluding hydrogens is 913 g/mol. The first-order valence-electron chi connectivity index (χ1n) is 24.2. The number of hydrogen-bond donors (Lipinski definition) is 4. The van der Waals surface area contributed by atoms with Crippen LogP contribution in [0.25, 0.3) is 11.0 Å². The number of halogens is 3. The number of piperazine rings is 1. The molecule has 5 amide bonds. The number of imidazole rings is 1. The summed E-state index contributed by atoms with van der Waals surface area (Å²) in [7, 11) is 1.70. The van der Waals surface area contributed by atoms with Crippen LogP contribution in [0.4, 0.5) is 15.8 Å². The van der Waals surface area contributed by atoms with E-state index in [9.17, 15) is 28.8 Å². The van der Waals surface area contributed by atoms with E-state index in [2.05, 4.69) is 31.1 Å². The van der Waals surface area contributed by atoms with Gasteiger partial charge in [-0.25, -0.2) is 9.18 Å². The minimum absolute atomic E-state index is 0.0707. The minimum atomic E-state index is -1.31. The minimum Gasteiger partial charge on any atom is -0.368 e. The number of nitrogens with zero attached hydrogens (tertiary/aromatic N) is 5. The molecule has 6 fully saturated rings. The van der Waals surface area contributed by atoms with Gasteiger partial charge in [0.2, 0.25) is 29.5 Å².